The Bertz CT molecular complexity index is 720. The zero-order valence-corrected chi connectivity index (χ0v) is 21.2. The van der Waals surface area contributed by atoms with Crippen molar-refractivity contribution < 1.29 is 34.2 Å². The first-order valence-corrected chi connectivity index (χ1v) is 11.8. The minimum Gasteiger partial charge on any atom is -0.480 e. The van der Waals surface area contributed by atoms with E-state index in [-0.39, 0.29) is 24.0 Å². The fourth-order valence-corrected chi connectivity index (χ4v) is 3.18. The van der Waals surface area contributed by atoms with Crippen LogP contribution >= 0.6 is 12.6 Å². The second-order valence-corrected chi connectivity index (χ2v) is 9.35. The van der Waals surface area contributed by atoms with E-state index >= 15 is 0 Å². The van der Waals surface area contributed by atoms with E-state index in [1.54, 1.807) is 13.8 Å². The number of carboxylic acid groups (broad SMARTS) is 1. The lowest BCUT2D eigenvalue weighted by Crippen LogP contribution is -2.59. The fraction of sp³-hybridized carbons (Fsp3) is 0.762. The van der Waals surface area contributed by atoms with E-state index in [0.29, 0.717) is 6.42 Å². The molecule has 0 saturated heterocycles. The third-order valence-corrected chi connectivity index (χ3v) is 5.13. The van der Waals surface area contributed by atoms with Crippen LogP contribution in [0.5, 0.6) is 0 Å². The molecule has 0 aromatic carbocycles. The van der Waals surface area contributed by atoms with Crippen molar-refractivity contribution in [3.63, 3.8) is 0 Å². The predicted molar refractivity (Wildman–Crippen MR) is 129 cm³/mol. The number of rotatable bonds is 15. The lowest BCUT2D eigenvalue weighted by Gasteiger charge is -2.24. The Morgan fingerprint density at radius 1 is 0.735 bits per heavy atom. The van der Waals surface area contributed by atoms with Crippen LogP contribution in [-0.2, 0) is 24.0 Å². The quantitative estimate of drug-likeness (QED) is 0.121. The number of thiol groups is 1. The molecule has 0 bridgehead atoms. The molecule has 0 radical (unpaired) electrons. The number of carbonyl (C=O) groups is 5. The summed E-state index contributed by atoms with van der Waals surface area (Å²) in [7, 11) is 0. The van der Waals surface area contributed by atoms with Crippen LogP contribution in [0.15, 0.2) is 0 Å². The van der Waals surface area contributed by atoms with Crippen molar-refractivity contribution >= 4 is 42.2 Å². The molecule has 34 heavy (non-hydrogen) atoms. The standard InChI is InChI=1S/C21H39N5O7S/c1-10(2)6-13(22)18(29)23-12(5)17(28)26-16(9-34)20(31)25-15(8-27)19(30)24-14(21(32)33)7-11(3)4/h10-16,27,34H,6-9,22H2,1-5H3,(H,23,29)(H,24,30)(H,25,31)(H,26,28)(H,32,33). The maximum Gasteiger partial charge on any atom is 0.326 e. The van der Waals surface area contributed by atoms with Gasteiger partial charge in [0, 0.05) is 5.75 Å². The molecule has 13 heteroatoms. The smallest absolute Gasteiger partial charge is 0.326 e. The summed E-state index contributed by atoms with van der Waals surface area (Å²) in [4.78, 5) is 60.9. The molecule has 0 aliphatic heterocycles. The molecule has 0 aliphatic rings. The van der Waals surface area contributed by atoms with Gasteiger partial charge in [-0.1, -0.05) is 27.7 Å². The molecule has 196 valence electrons. The van der Waals surface area contributed by atoms with Crippen LogP contribution in [0.2, 0.25) is 0 Å². The second-order valence-electron chi connectivity index (χ2n) is 8.98. The molecule has 5 atom stereocenters. The number of aliphatic hydroxyl groups is 1. The van der Waals surface area contributed by atoms with Gasteiger partial charge in [0.05, 0.1) is 12.6 Å². The zero-order valence-electron chi connectivity index (χ0n) is 20.3. The topological polar surface area (TPSA) is 200 Å². The van der Waals surface area contributed by atoms with Crippen LogP contribution < -0.4 is 27.0 Å². The molecule has 5 unspecified atom stereocenters. The summed E-state index contributed by atoms with van der Waals surface area (Å²) in [6.07, 6.45) is 0.597. The Balaban J connectivity index is 5.03. The summed E-state index contributed by atoms with van der Waals surface area (Å²) < 4.78 is 0. The number of amides is 4. The molecule has 0 aromatic heterocycles. The molecular weight excluding hydrogens is 466 g/mol. The van der Waals surface area contributed by atoms with Crippen LogP contribution in [0.1, 0.15) is 47.5 Å². The van der Waals surface area contributed by atoms with Crippen molar-refractivity contribution in [2.75, 3.05) is 12.4 Å². The Kier molecular flexibility index (Phi) is 14.4. The maximum absolute atomic E-state index is 12.6. The molecule has 0 saturated carbocycles. The molecule has 0 spiro atoms. The summed E-state index contributed by atoms with van der Waals surface area (Å²) in [6, 6.07) is -5.59. The van der Waals surface area contributed by atoms with Crippen LogP contribution in [0.3, 0.4) is 0 Å². The average molecular weight is 506 g/mol. The largest absolute Gasteiger partial charge is 0.480 e. The summed E-state index contributed by atoms with van der Waals surface area (Å²) in [5.74, 6) is -4.09. The van der Waals surface area contributed by atoms with Gasteiger partial charge in [-0.05, 0) is 31.6 Å². The molecule has 0 fully saturated rings. The Hall–Kier alpha value is -2.38. The Morgan fingerprint density at radius 3 is 1.65 bits per heavy atom. The van der Waals surface area contributed by atoms with Gasteiger partial charge < -0.3 is 37.2 Å². The van der Waals surface area contributed by atoms with Crippen LogP contribution in [0, 0.1) is 11.8 Å². The van der Waals surface area contributed by atoms with Gasteiger partial charge in [-0.3, -0.25) is 19.2 Å². The van der Waals surface area contributed by atoms with Crippen molar-refractivity contribution in [2.24, 2.45) is 17.6 Å². The lowest BCUT2D eigenvalue weighted by atomic mass is 10.0. The summed E-state index contributed by atoms with van der Waals surface area (Å²) in [6.45, 7) is 8.02. The number of nitrogens with one attached hydrogen (secondary N) is 4. The van der Waals surface area contributed by atoms with E-state index in [1.807, 2.05) is 13.8 Å². The van der Waals surface area contributed by atoms with E-state index in [2.05, 4.69) is 33.9 Å². The van der Waals surface area contributed by atoms with Gasteiger partial charge in [-0.15, -0.1) is 0 Å². The van der Waals surface area contributed by atoms with Crippen molar-refractivity contribution in [1.82, 2.24) is 21.3 Å². The highest BCUT2D eigenvalue weighted by Gasteiger charge is 2.30. The van der Waals surface area contributed by atoms with E-state index < -0.39 is 66.4 Å². The summed E-state index contributed by atoms with van der Waals surface area (Å²) in [5.41, 5.74) is 5.80. The van der Waals surface area contributed by atoms with Gasteiger partial charge in [0.15, 0.2) is 0 Å². The predicted octanol–water partition coefficient (Wildman–Crippen LogP) is -1.63. The van der Waals surface area contributed by atoms with Crippen molar-refractivity contribution in [3.05, 3.63) is 0 Å². The highest BCUT2D eigenvalue weighted by molar-refractivity contribution is 7.80. The SMILES string of the molecule is CC(C)CC(N)C(=O)NC(C)C(=O)NC(CS)C(=O)NC(CO)C(=O)NC(CC(C)C)C(=O)O. The molecule has 4 amide bonds. The fourth-order valence-electron chi connectivity index (χ4n) is 2.92. The van der Waals surface area contributed by atoms with Gasteiger partial charge in [-0.25, -0.2) is 4.79 Å². The summed E-state index contributed by atoms with van der Waals surface area (Å²) >= 11 is 4.04. The monoisotopic (exact) mass is 505 g/mol. The number of carbonyl (C=O) groups excluding carboxylic acids is 4. The third kappa shape index (κ3) is 11.7. The minimum atomic E-state index is -1.44. The molecular formula is C21H39N5O7S. The molecule has 0 rings (SSSR count). The number of aliphatic hydroxyl groups excluding tert-OH is 1. The number of aliphatic carboxylic acids is 1. The highest BCUT2D eigenvalue weighted by Crippen LogP contribution is 2.06. The van der Waals surface area contributed by atoms with E-state index in [4.69, 9.17) is 5.73 Å². The second kappa shape index (κ2) is 15.5. The van der Waals surface area contributed by atoms with E-state index in [1.165, 1.54) is 6.92 Å². The maximum atomic E-state index is 12.6. The number of hydrogen-bond donors (Lipinski definition) is 8. The first-order valence-electron chi connectivity index (χ1n) is 11.1. The van der Waals surface area contributed by atoms with E-state index in [9.17, 15) is 34.2 Å². The van der Waals surface area contributed by atoms with E-state index in [0.717, 1.165) is 0 Å². The molecule has 0 aromatic rings. The number of carboxylic acids is 1. The molecule has 8 N–H and O–H groups in total. The van der Waals surface area contributed by atoms with Crippen molar-refractivity contribution in [3.8, 4) is 0 Å². The zero-order chi connectivity index (χ0) is 26.6. The number of nitrogens with two attached hydrogens (primary N) is 1. The first kappa shape index (κ1) is 31.6. The van der Waals surface area contributed by atoms with Gasteiger partial charge in [0.25, 0.3) is 0 Å². The molecule has 0 aliphatic carbocycles. The lowest BCUT2D eigenvalue weighted by molar-refractivity contribution is -0.143. The average Bonchev–Trinajstić information content (AvgIpc) is 2.73. The first-order chi connectivity index (χ1) is 15.7. The van der Waals surface area contributed by atoms with Gasteiger partial charge >= 0.3 is 5.97 Å². The van der Waals surface area contributed by atoms with Gasteiger partial charge in [0.1, 0.15) is 24.2 Å². The normalized spacial score (nSPS) is 15.6. The number of hydrogen-bond acceptors (Lipinski definition) is 8. The molecule has 12 nitrogen and oxygen atoms in total. The van der Waals surface area contributed by atoms with Crippen molar-refractivity contribution in [1.29, 1.82) is 0 Å². The minimum absolute atomic E-state index is 0.0188. The Labute approximate surface area is 205 Å². The molecule has 0 heterocycles. The summed E-state index contributed by atoms with van der Waals surface area (Å²) in [5, 5.41) is 28.2. The van der Waals surface area contributed by atoms with Gasteiger partial charge in [0.2, 0.25) is 23.6 Å². The van der Waals surface area contributed by atoms with Gasteiger partial charge in [-0.2, -0.15) is 12.6 Å². The third-order valence-electron chi connectivity index (χ3n) is 4.77. The highest BCUT2D eigenvalue weighted by atomic mass is 32.1. The Morgan fingerprint density at radius 2 is 1.21 bits per heavy atom. The van der Waals surface area contributed by atoms with Crippen LogP contribution in [0.25, 0.3) is 0 Å². The van der Waals surface area contributed by atoms with Crippen molar-refractivity contribution in [2.45, 2.75) is 77.7 Å². The van der Waals surface area contributed by atoms with Crippen LogP contribution in [0.4, 0.5) is 0 Å². The van der Waals surface area contributed by atoms with Crippen LogP contribution in [-0.4, -0.2) is 82.4 Å².